The average Bonchev–Trinajstić information content (AvgIpc) is 2.73. The minimum atomic E-state index is -0.552. The number of methoxy groups -OCH3 is 1. The largest absolute Gasteiger partial charge is 0.353 e. The number of halogens is 1. The van der Waals surface area contributed by atoms with E-state index in [1.165, 1.54) is 0 Å². The predicted octanol–water partition coefficient (Wildman–Crippen LogP) is 0.862. The van der Waals surface area contributed by atoms with Crippen LogP contribution in [0.25, 0.3) is 0 Å². The molecule has 2 heterocycles. The third kappa shape index (κ3) is 3.00. The zero-order valence-electron chi connectivity index (χ0n) is 10.4. The minimum Gasteiger partial charge on any atom is -0.353 e. The number of nitrogens with one attached hydrogen (secondary N) is 1. The first-order valence-corrected chi connectivity index (χ1v) is 7.00. The van der Waals surface area contributed by atoms with Gasteiger partial charge in [-0.05, 0) is 13.8 Å². The Balaban J connectivity index is 1.95. The van der Waals surface area contributed by atoms with Crippen molar-refractivity contribution in [3.8, 4) is 0 Å². The summed E-state index contributed by atoms with van der Waals surface area (Å²) in [5.41, 5.74) is 0. The van der Waals surface area contributed by atoms with E-state index in [1.54, 1.807) is 7.11 Å². The SMILES string of the molecule is COC1OC(CNCCBr)C2OC(C)(C)OC12. The van der Waals surface area contributed by atoms with Crippen molar-refractivity contribution in [1.82, 2.24) is 5.32 Å². The van der Waals surface area contributed by atoms with E-state index >= 15 is 0 Å². The van der Waals surface area contributed by atoms with Crippen LogP contribution in [0.15, 0.2) is 0 Å². The molecular formula is C11H20BrNO4. The molecule has 17 heavy (non-hydrogen) atoms. The molecule has 2 fully saturated rings. The maximum atomic E-state index is 5.87. The fraction of sp³-hybridized carbons (Fsp3) is 1.00. The fourth-order valence-corrected chi connectivity index (χ4v) is 2.59. The molecular weight excluding hydrogens is 290 g/mol. The lowest BCUT2D eigenvalue weighted by Crippen LogP contribution is -2.38. The molecule has 6 heteroatoms. The van der Waals surface area contributed by atoms with Crippen molar-refractivity contribution in [3.05, 3.63) is 0 Å². The molecule has 2 saturated heterocycles. The Labute approximate surface area is 110 Å². The van der Waals surface area contributed by atoms with Crippen molar-refractivity contribution in [2.45, 2.75) is 44.2 Å². The lowest BCUT2D eigenvalue weighted by molar-refractivity contribution is -0.226. The van der Waals surface area contributed by atoms with Crippen LogP contribution in [0.2, 0.25) is 0 Å². The van der Waals surface area contributed by atoms with Crippen LogP contribution in [0, 0.1) is 0 Å². The molecule has 100 valence electrons. The number of rotatable bonds is 5. The third-order valence-corrected chi connectivity index (χ3v) is 3.35. The minimum absolute atomic E-state index is 0.0224. The van der Waals surface area contributed by atoms with Gasteiger partial charge in [0.25, 0.3) is 0 Å². The number of fused-ring (bicyclic) bond motifs is 1. The Morgan fingerprint density at radius 2 is 2.00 bits per heavy atom. The second kappa shape index (κ2) is 5.50. The van der Waals surface area contributed by atoms with Crippen LogP contribution in [0.3, 0.4) is 0 Å². The van der Waals surface area contributed by atoms with Crippen molar-refractivity contribution in [1.29, 1.82) is 0 Å². The Bertz CT molecular complexity index is 264. The van der Waals surface area contributed by atoms with Crippen molar-refractivity contribution >= 4 is 15.9 Å². The number of hydrogen-bond donors (Lipinski definition) is 1. The van der Waals surface area contributed by atoms with Gasteiger partial charge in [-0.2, -0.15) is 0 Å². The highest BCUT2D eigenvalue weighted by Crippen LogP contribution is 2.38. The second-order valence-corrected chi connectivity index (χ2v) is 5.53. The van der Waals surface area contributed by atoms with Gasteiger partial charge < -0.3 is 24.3 Å². The molecule has 0 aromatic heterocycles. The van der Waals surface area contributed by atoms with E-state index in [0.29, 0.717) is 0 Å². The number of alkyl halides is 1. The molecule has 0 amide bonds. The molecule has 5 nitrogen and oxygen atoms in total. The van der Waals surface area contributed by atoms with Crippen LogP contribution in [-0.4, -0.2) is 55.9 Å². The summed E-state index contributed by atoms with van der Waals surface area (Å²) in [6.07, 6.45) is -0.549. The Morgan fingerprint density at radius 3 is 2.65 bits per heavy atom. The quantitative estimate of drug-likeness (QED) is 0.603. The normalized spacial score (nSPS) is 39.5. The van der Waals surface area contributed by atoms with Gasteiger partial charge in [-0.1, -0.05) is 15.9 Å². The van der Waals surface area contributed by atoms with E-state index in [2.05, 4.69) is 21.2 Å². The smallest absolute Gasteiger partial charge is 0.186 e. The van der Waals surface area contributed by atoms with Gasteiger partial charge in [0.1, 0.15) is 18.3 Å². The second-order valence-electron chi connectivity index (χ2n) is 4.74. The summed E-state index contributed by atoms with van der Waals surface area (Å²) in [7, 11) is 1.63. The molecule has 0 spiro atoms. The average molecular weight is 310 g/mol. The highest BCUT2D eigenvalue weighted by Gasteiger charge is 2.55. The molecule has 4 atom stereocenters. The molecule has 2 aliphatic rings. The van der Waals surface area contributed by atoms with E-state index in [1.807, 2.05) is 13.8 Å². The fourth-order valence-electron chi connectivity index (χ4n) is 2.31. The van der Waals surface area contributed by atoms with Crippen LogP contribution in [-0.2, 0) is 18.9 Å². The van der Waals surface area contributed by atoms with Crippen LogP contribution < -0.4 is 5.32 Å². The van der Waals surface area contributed by atoms with E-state index in [9.17, 15) is 0 Å². The molecule has 2 aliphatic heterocycles. The first-order chi connectivity index (χ1) is 8.07. The summed E-state index contributed by atoms with van der Waals surface area (Å²) >= 11 is 3.38. The lowest BCUT2D eigenvalue weighted by Gasteiger charge is -2.23. The van der Waals surface area contributed by atoms with Gasteiger partial charge in [-0.15, -0.1) is 0 Å². The van der Waals surface area contributed by atoms with Gasteiger partial charge in [0.2, 0.25) is 0 Å². The summed E-state index contributed by atoms with van der Waals surface area (Å²) in [5, 5.41) is 4.22. The van der Waals surface area contributed by atoms with E-state index in [-0.39, 0.29) is 24.6 Å². The van der Waals surface area contributed by atoms with Crippen LogP contribution in [0.5, 0.6) is 0 Å². The van der Waals surface area contributed by atoms with Gasteiger partial charge in [-0.3, -0.25) is 0 Å². The first kappa shape index (κ1) is 13.7. The van der Waals surface area contributed by atoms with Crippen LogP contribution >= 0.6 is 15.9 Å². The van der Waals surface area contributed by atoms with Crippen LogP contribution in [0.1, 0.15) is 13.8 Å². The highest BCUT2D eigenvalue weighted by atomic mass is 79.9. The van der Waals surface area contributed by atoms with Crippen molar-refractivity contribution < 1.29 is 18.9 Å². The molecule has 0 aromatic rings. The Kier molecular flexibility index (Phi) is 4.44. The first-order valence-electron chi connectivity index (χ1n) is 5.88. The summed E-state index contributed by atoms with van der Waals surface area (Å²) in [6.45, 7) is 5.48. The van der Waals surface area contributed by atoms with Gasteiger partial charge in [0.05, 0.1) is 0 Å². The van der Waals surface area contributed by atoms with E-state index in [4.69, 9.17) is 18.9 Å². The summed E-state index contributed by atoms with van der Waals surface area (Å²) < 4.78 is 22.7. The summed E-state index contributed by atoms with van der Waals surface area (Å²) in [4.78, 5) is 0. The summed E-state index contributed by atoms with van der Waals surface area (Å²) in [6, 6.07) is 0. The van der Waals surface area contributed by atoms with Gasteiger partial charge in [0, 0.05) is 25.5 Å². The van der Waals surface area contributed by atoms with Crippen molar-refractivity contribution in [2.75, 3.05) is 25.5 Å². The summed E-state index contributed by atoms with van der Waals surface area (Å²) in [5.74, 6) is -0.552. The molecule has 0 aliphatic carbocycles. The maximum Gasteiger partial charge on any atom is 0.186 e. The zero-order valence-corrected chi connectivity index (χ0v) is 12.0. The maximum absolute atomic E-state index is 5.87. The van der Waals surface area contributed by atoms with Crippen LogP contribution in [0.4, 0.5) is 0 Å². The third-order valence-electron chi connectivity index (χ3n) is 2.96. The molecule has 0 radical (unpaired) electrons. The molecule has 0 bridgehead atoms. The number of ether oxygens (including phenoxy) is 4. The van der Waals surface area contributed by atoms with E-state index < -0.39 is 5.79 Å². The van der Waals surface area contributed by atoms with Gasteiger partial charge in [0.15, 0.2) is 12.1 Å². The zero-order chi connectivity index (χ0) is 12.5. The Morgan fingerprint density at radius 1 is 1.29 bits per heavy atom. The van der Waals surface area contributed by atoms with Crippen molar-refractivity contribution in [2.24, 2.45) is 0 Å². The van der Waals surface area contributed by atoms with Crippen molar-refractivity contribution in [3.63, 3.8) is 0 Å². The topological polar surface area (TPSA) is 49.0 Å². The molecule has 4 unspecified atom stereocenters. The Hall–Kier alpha value is 0.280. The molecule has 0 saturated carbocycles. The molecule has 0 aromatic carbocycles. The van der Waals surface area contributed by atoms with Gasteiger partial charge in [-0.25, -0.2) is 0 Å². The van der Waals surface area contributed by atoms with E-state index in [0.717, 1.165) is 18.4 Å². The van der Waals surface area contributed by atoms with Gasteiger partial charge >= 0.3 is 0 Å². The highest BCUT2D eigenvalue weighted by molar-refractivity contribution is 9.09. The molecule has 2 rings (SSSR count). The number of hydrogen-bond acceptors (Lipinski definition) is 5. The standard InChI is InChI=1S/C11H20BrNO4/c1-11(2)16-8-7(6-13-5-4-12)15-10(14-3)9(8)17-11/h7-10,13H,4-6H2,1-3H3. The monoisotopic (exact) mass is 309 g/mol. The molecule has 1 N–H and O–H groups in total. The lowest BCUT2D eigenvalue weighted by atomic mass is 10.1. The predicted molar refractivity (Wildman–Crippen MR) is 66.2 cm³/mol.